The summed E-state index contributed by atoms with van der Waals surface area (Å²) in [6.45, 7) is 2.85. The molecule has 2 aromatic carbocycles. The Balaban J connectivity index is 1.11. The summed E-state index contributed by atoms with van der Waals surface area (Å²) in [5, 5.41) is 2.54. The lowest BCUT2D eigenvalue weighted by molar-refractivity contribution is -0.139. The zero-order valence-electron chi connectivity index (χ0n) is 22.2. The van der Waals surface area contributed by atoms with Gasteiger partial charge in [0.2, 0.25) is 12.7 Å². The number of halogens is 3. The molecule has 1 atom stereocenters. The fraction of sp³-hybridized carbons (Fsp3) is 0.393. The molecule has 0 radical (unpaired) electrons. The van der Waals surface area contributed by atoms with Crippen molar-refractivity contribution in [2.24, 2.45) is 0 Å². The number of nitrogens with zero attached hydrogens (tertiary/aromatic N) is 4. The van der Waals surface area contributed by atoms with Crippen molar-refractivity contribution in [1.29, 1.82) is 0 Å². The van der Waals surface area contributed by atoms with Crippen LogP contribution in [0.4, 0.5) is 18.0 Å². The second-order valence-corrected chi connectivity index (χ2v) is 10.4. The van der Waals surface area contributed by atoms with Crippen LogP contribution < -0.4 is 14.8 Å². The lowest BCUT2D eigenvalue weighted by Gasteiger charge is -2.35. The van der Waals surface area contributed by atoms with Crippen molar-refractivity contribution in [2.75, 3.05) is 53.1 Å². The molecule has 4 heterocycles. The van der Waals surface area contributed by atoms with E-state index in [9.17, 15) is 27.6 Å². The maximum absolute atomic E-state index is 13.8. The molecule has 4 aliphatic heterocycles. The van der Waals surface area contributed by atoms with Gasteiger partial charge in [-0.3, -0.25) is 19.4 Å². The first-order valence-corrected chi connectivity index (χ1v) is 13.2. The Hall–Kier alpha value is -4.26. The topological polar surface area (TPSA) is 94.7 Å². The number of hydrogen-bond donors (Lipinski definition) is 1. The fourth-order valence-corrected chi connectivity index (χ4v) is 5.71. The van der Waals surface area contributed by atoms with Crippen LogP contribution in [0, 0.1) is 0 Å². The Labute approximate surface area is 233 Å². The molecule has 6 rings (SSSR count). The minimum absolute atomic E-state index is 0.0431. The van der Waals surface area contributed by atoms with Crippen LogP contribution in [0.25, 0.3) is 0 Å². The number of amides is 4. The molecule has 1 unspecified atom stereocenters. The van der Waals surface area contributed by atoms with Crippen LogP contribution in [0.2, 0.25) is 0 Å². The molecule has 0 spiro atoms. The van der Waals surface area contributed by atoms with Crippen molar-refractivity contribution in [2.45, 2.75) is 18.8 Å². The smallest absolute Gasteiger partial charge is 0.416 e. The Morgan fingerprint density at radius 1 is 1.02 bits per heavy atom. The molecule has 0 aromatic heterocycles. The lowest BCUT2D eigenvalue weighted by atomic mass is 9.92. The summed E-state index contributed by atoms with van der Waals surface area (Å²) in [5.41, 5.74) is 0.270. The first kappa shape index (κ1) is 26.9. The average Bonchev–Trinajstić information content (AvgIpc) is 3.55. The van der Waals surface area contributed by atoms with Crippen LogP contribution in [-0.4, -0.2) is 90.6 Å². The van der Waals surface area contributed by atoms with Gasteiger partial charge in [0.1, 0.15) is 6.54 Å². The van der Waals surface area contributed by atoms with Gasteiger partial charge in [0.15, 0.2) is 11.5 Å². The third kappa shape index (κ3) is 5.05. The normalized spacial score (nSPS) is 21.0. The summed E-state index contributed by atoms with van der Waals surface area (Å²) < 4.78 is 52.1. The molecule has 13 heteroatoms. The van der Waals surface area contributed by atoms with Gasteiger partial charge in [0.05, 0.1) is 29.4 Å². The van der Waals surface area contributed by atoms with Gasteiger partial charge in [-0.2, -0.15) is 13.2 Å². The molecule has 1 fully saturated rings. The fourth-order valence-electron chi connectivity index (χ4n) is 5.71. The molecule has 0 aliphatic carbocycles. The zero-order valence-corrected chi connectivity index (χ0v) is 22.2. The van der Waals surface area contributed by atoms with E-state index in [2.05, 4.69) is 10.2 Å². The quantitative estimate of drug-likeness (QED) is 0.593. The largest absolute Gasteiger partial charge is 0.454 e. The number of carbonyl (C=O) groups is 3. The minimum Gasteiger partial charge on any atom is -0.454 e. The molecule has 0 bridgehead atoms. The number of likely N-dealkylation sites (N-methyl/N-ethyl adjacent to an activating group) is 1. The number of nitrogens with one attached hydrogen (secondary N) is 1. The van der Waals surface area contributed by atoms with E-state index < -0.39 is 29.7 Å². The van der Waals surface area contributed by atoms with Gasteiger partial charge in [0, 0.05) is 39.8 Å². The van der Waals surface area contributed by atoms with E-state index in [1.165, 1.54) is 35.0 Å². The van der Waals surface area contributed by atoms with Crippen LogP contribution in [0.15, 0.2) is 53.7 Å². The second kappa shape index (κ2) is 10.3. The summed E-state index contributed by atoms with van der Waals surface area (Å²) in [4.78, 5) is 45.8. The van der Waals surface area contributed by atoms with Crippen molar-refractivity contribution in [3.05, 3.63) is 70.4 Å². The SMILES string of the molecule is CN1C(=O)NC(c2ccccc2C(F)(F)F)C2=C1CN(CC(=O)N1CCN(Cc3ccc4c(c3)OCO4)CC1)C2=O. The van der Waals surface area contributed by atoms with Gasteiger partial charge < -0.3 is 24.6 Å². The van der Waals surface area contributed by atoms with Crippen LogP contribution in [0.5, 0.6) is 11.5 Å². The molecule has 1 N–H and O–H groups in total. The summed E-state index contributed by atoms with van der Waals surface area (Å²) >= 11 is 0. The Bertz CT molecular complexity index is 1440. The van der Waals surface area contributed by atoms with E-state index in [4.69, 9.17) is 9.47 Å². The summed E-state index contributed by atoms with van der Waals surface area (Å²) in [7, 11) is 1.45. The zero-order chi connectivity index (χ0) is 28.9. The number of rotatable bonds is 5. The van der Waals surface area contributed by atoms with E-state index >= 15 is 0 Å². The van der Waals surface area contributed by atoms with E-state index in [1.807, 2.05) is 18.2 Å². The highest BCUT2D eigenvalue weighted by atomic mass is 19.4. The maximum Gasteiger partial charge on any atom is 0.416 e. The van der Waals surface area contributed by atoms with Gasteiger partial charge in [-0.1, -0.05) is 24.3 Å². The van der Waals surface area contributed by atoms with Crippen LogP contribution in [0.3, 0.4) is 0 Å². The van der Waals surface area contributed by atoms with Gasteiger partial charge in [-0.05, 0) is 29.3 Å². The third-order valence-corrected chi connectivity index (χ3v) is 7.91. The lowest BCUT2D eigenvalue weighted by Crippen LogP contribution is -2.51. The van der Waals surface area contributed by atoms with Crippen molar-refractivity contribution in [1.82, 2.24) is 24.9 Å². The Morgan fingerprint density at radius 3 is 2.51 bits per heavy atom. The summed E-state index contributed by atoms with van der Waals surface area (Å²) in [6, 6.07) is 8.78. The van der Waals surface area contributed by atoms with Crippen LogP contribution in [-0.2, 0) is 22.3 Å². The number of hydrogen-bond acceptors (Lipinski definition) is 6. The first-order chi connectivity index (χ1) is 19.6. The predicted molar refractivity (Wildman–Crippen MR) is 139 cm³/mol. The molecular weight excluding hydrogens is 543 g/mol. The van der Waals surface area contributed by atoms with E-state index in [-0.39, 0.29) is 36.9 Å². The van der Waals surface area contributed by atoms with Gasteiger partial charge in [0.25, 0.3) is 5.91 Å². The minimum atomic E-state index is -4.67. The number of benzene rings is 2. The van der Waals surface area contributed by atoms with Gasteiger partial charge >= 0.3 is 12.2 Å². The van der Waals surface area contributed by atoms with E-state index in [1.54, 1.807) is 4.90 Å². The van der Waals surface area contributed by atoms with E-state index in [0.29, 0.717) is 38.4 Å². The monoisotopic (exact) mass is 571 g/mol. The molecule has 1 saturated heterocycles. The molecular formula is C28H28F3N5O5. The maximum atomic E-state index is 13.8. The highest BCUT2D eigenvalue weighted by molar-refractivity contribution is 6.03. The Morgan fingerprint density at radius 2 is 1.76 bits per heavy atom. The average molecular weight is 572 g/mol. The highest BCUT2D eigenvalue weighted by Gasteiger charge is 2.46. The van der Waals surface area contributed by atoms with Gasteiger partial charge in [-0.15, -0.1) is 0 Å². The predicted octanol–water partition coefficient (Wildman–Crippen LogP) is 2.57. The molecule has 216 valence electrons. The van der Waals surface area contributed by atoms with E-state index in [0.717, 1.165) is 23.1 Å². The number of urea groups is 1. The number of carbonyl (C=O) groups excluding carboxylic acids is 3. The Kier molecular flexibility index (Phi) is 6.76. The van der Waals surface area contributed by atoms with Gasteiger partial charge in [-0.25, -0.2) is 4.79 Å². The van der Waals surface area contributed by atoms with Crippen molar-refractivity contribution < 1.29 is 37.0 Å². The van der Waals surface area contributed by atoms with Crippen molar-refractivity contribution in [3.63, 3.8) is 0 Å². The first-order valence-electron chi connectivity index (χ1n) is 13.2. The van der Waals surface area contributed by atoms with Crippen LogP contribution in [0.1, 0.15) is 22.7 Å². The molecule has 4 aliphatic rings. The van der Waals surface area contributed by atoms with Crippen molar-refractivity contribution >= 4 is 17.8 Å². The number of alkyl halides is 3. The third-order valence-electron chi connectivity index (χ3n) is 7.91. The van der Waals surface area contributed by atoms with Crippen molar-refractivity contribution in [3.8, 4) is 11.5 Å². The number of fused-ring (bicyclic) bond motifs is 1. The molecule has 10 nitrogen and oxygen atoms in total. The summed E-state index contributed by atoms with van der Waals surface area (Å²) in [5.74, 6) is 0.618. The number of piperazine rings is 1. The standard InChI is InChI=1S/C28H28F3N5O5/c1-33-20-14-36(26(38)24(20)25(32-27(33)39)18-4-2-3-5-19(18)28(29,30)31)15-23(37)35-10-8-34(9-11-35)13-17-6-7-21-22(12-17)41-16-40-21/h2-7,12,25H,8-11,13-16H2,1H3,(H,32,39). The second-order valence-electron chi connectivity index (χ2n) is 10.4. The molecule has 41 heavy (non-hydrogen) atoms. The summed E-state index contributed by atoms with van der Waals surface area (Å²) in [6.07, 6.45) is -4.67. The molecule has 0 saturated carbocycles. The number of ether oxygens (including phenoxy) is 2. The van der Waals surface area contributed by atoms with Crippen LogP contribution >= 0.6 is 0 Å². The molecule has 4 amide bonds. The molecule has 2 aromatic rings. The highest BCUT2D eigenvalue weighted by Crippen LogP contribution is 2.41.